The Morgan fingerprint density at radius 2 is 1.77 bits per heavy atom. The lowest BCUT2D eigenvalue weighted by Gasteiger charge is -2.31. The molecule has 6 nitrogen and oxygen atoms in total. The number of anilines is 1. The first-order valence-corrected chi connectivity index (χ1v) is 9.18. The Labute approximate surface area is 153 Å². The molecule has 26 heavy (non-hydrogen) atoms. The van der Waals surface area contributed by atoms with Gasteiger partial charge in [-0.25, -0.2) is 9.97 Å². The van der Waals surface area contributed by atoms with E-state index in [0.29, 0.717) is 5.92 Å². The van der Waals surface area contributed by atoms with Crippen molar-refractivity contribution < 1.29 is 0 Å². The first-order chi connectivity index (χ1) is 12.7. The monoisotopic (exact) mass is 348 g/mol. The highest BCUT2D eigenvalue weighted by Gasteiger charge is 2.26. The average Bonchev–Trinajstić information content (AvgIpc) is 3.03. The zero-order chi connectivity index (χ0) is 17.9. The van der Waals surface area contributed by atoms with Gasteiger partial charge in [0.25, 0.3) is 0 Å². The Bertz CT molecular complexity index is 865. The van der Waals surface area contributed by atoms with Crippen LogP contribution in [0.5, 0.6) is 0 Å². The van der Waals surface area contributed by atoms with Crippen LogP contribution in [-0.2, 0) is 6.54 Å². The first kappa shape index (κ1) is 16.7. The van der Waals surface area contributed by atoms with Gasteiger partial charge in [0.2, 0.25) is 5.95 Å². The summed E-state index contributed by atoms with van der Waals surface area (Å²) in [5.41, 5.74) is 2.58. The maximum atomic E-state index is 4.52. The Morgan fingerprint density at radius 3 is 2.50 bits per heavy atom. The number of nitrogens with zero attached hydrogens (tertiary/aromatic N) is 6. The Kier molecular flexibility index (Phi) is 4.65. The zero-order valence-electron chi connectivity index (χ0n) is 15.3. The van der Waals surface area contributed by atoms with E-state index in [0.717, 1.165) is 50.1 Å². The van der Waals surface area contributed by atoms with Gasteiger partial charge in [0, 0.05) is 31.4 Å². The molecule has 1 aromatic carbocycles. The van der Waals surface area contributed by atoms with Crippen molar-refractivity contribution in [2.75, 3.05) is 18.0 Å². The summed E-state index contributed by atoms with van der Waals surface area (Å²) in [6, 6.07) is 10.5. The predicted molar refractivity (Wildman–Crippen MR) is 101 cm³/mol. The van der Waals surface area contributed by atoms with E-state index in [2.05, 4.69) is 60.8 Å². The second-order valence-corrected chi connectivity index (χ2v) is 6.99. The fraction of sp³-hybridized carbons (Fsp3) is 0.400. The molecule has 4 rings (SSSR count). The van der Waals surface area contributed by atoms with Crippen LogP contribution in [0.25, 0.3) is 0 Å². The molecule has 6 heteroatoms. The van der Waals surface area contributed by atoms with Gasteiger partial charge in [-0.3, -0.25) is 0 Å². The normalized spacial score (nSPS) is 15.4. The highest BCUT2D eigenvalue weighted by molar-refractivity contribution is 5.30. The number of hydrogen-bond donors (Lipinski definition) is 0. The molecule has 1 aliphatic rings. The van der Waals surface area contributed by atoms with E-state index < -0.39 is 0 Å². The van der Waals surface area contributed by atoms with E-state index >= 15 is 0 Å². The molecule has 3 heterocycles. The van der Waals surface area contributed by atoms with Crippen molar-refractivity contribution in [1.29, 1.82) is 0 Å². The number of aromatic nitrogens is 5. The predicted octanol–water partition coefficient (Wildman–Crippen LogP) is 3.12. The third-order valence-corrected chi connectivity index (χ3v) is 5.08. The van der Waals surface area contributed by atoms with Gasteiger partial charge in [0.1, 0.15) is 11.6 Å². The molecule has 0 atom stereocenters. The molecule has 0 radical (unpaired) electrons. The van der Waals surface area contributed by atoms with Crippen LogP contribution in [0.15, 0.2) is 42.7 Å². The Morgan fingerprint density at radius 1 is 1.00 bits per heavy atom. The minimum atomic E-state index is 0.431. The minimum absolute atomic E-state index is 0.431. The van der Waals surface area contributed by atoms with Gasteiger partial charge in [-0.1, -0.05) is 29.8 Å². The lowest BCUT2D eigenvalue weighted by Crippen LogP contribution is -2.34. The highest BCUT2D eigenvalue weighted by atomic mass is 15.3. The molecule has 0 bridgehead atoms. The molecule has 1 aliphatic heterocycles. The summed E-state index contributed by atoms with van der Waals surface area (Å²) in [7, 11) is 0. The van der Waals surface area contributed by atoms with Crippen LogP contribution in [0.1, 0.15) is 41.5 Å². The molecular formula is C20H24N6. The molecule has 0 amide bonds. The lowest BCUT2D eigenvalue weighted by molar-refractivity contribution is 0.464. The first-order valence-electron chi connectivity index (χ1n) is 9.18. The quantitative estimate of drug-likeness (QED) is 0.725. The van der Waals surface area contributed by atoms with Gasteiger partial charge in [0.05, 0.1) is 6.54 Å². The second kappa shape index (κ2) is 7.23. The van der Waals surface area contributed by atoms with Gasteiger partial charge in [-0.05, 0) is 38.3 Å². The van der Waals surface area contributed by atoms with Crippen LogP contribution in [0.3, 0.4) is 0 Å². The fourth-order valence-corrected chi connectivity index (χ4v) is 3.68. The van der Waals surface area contributed by atoms with Gasteiger partial charge >= 0.3 is 0 Å². The molecule has 0 saturated carbocycles. The maximum absolute atomic E-state index is 4.52. The molecule has 0 aliphatic carbocycles. The Hall–Kier alpha value is -2.76. The molecule has 3 aromatic rings. The van der Waals surface area contributed by atoms with Crippen molar-refractivity contribution >= 4 is 5.95 Å². The SMILES string of the molecule is Cc1cccc(Cn2c(C)nnc2C2CCN(c3ncccn3)CC2)c1. The summed E-state index contributed by atoms with van der Waals surface area (Å²) < 4.78 is 2.27. The van der Waals surface area contributed by atoms with E-state index in [4.69, 9.17) is 0 Å². The van der Waals surface area contributed by atoms with E-state index in [-0.39, 0.29) is 0 Å². The van der Waals surface area contributed by atoms with E-state index in [1.165, 1.54) is 11.1 Å². The van der Waals surface area contributed by atoms with Crippen molar-refractivity contribution in [2.45, 2.75) is 39.2 Å². The van der Waals surface area contributed by atoms with E-state index in [1.54, 1.807) is 12.4 Å². The fourth-order valence-electron chi connectivity index (χ4n) is 3.68. The molecular weight excluding hydrogens is 324 g/mol. The molecule has 0 spiro atoms. The highest BCUT2D eigenvalue weighted by Crippen LogP contribution is 2.29. The average molecular weight is 348 g/mol. The molecule has 0 unspecified atom stereocenters. The minimum Gasteiger partial charge on any atom is -0.341 e. The summed E-state index contributed by atoms with van der Waals surface area (Å²) in [6.45, 7) is 6.90. The lowest BCUT2D eigenvalue weighted by atomic mass is 9.96. The van der Waals surface area contributed by atoms with Crippen LogP contribution < -0.4 is 4.90 Å². The molecule has 2 aromatic heterocycles. The number of piperidine rings is 1. The van der Waals surface area contributed by atoms with Crippen LogP contribution in [-0.4, -0.2) is 37.8 Å². The molecule has 1 saturated heterocycles. The standard InChI is InChI=1S/C20H24N6/c1-15-5-3-6-17(13-15)14-26-16(2)23-24-19(26)18-7-11-25(12-8-18)20-21-9-4-10-22-20/h3-6,9-10,13,18H,7-8,11-12,14H2,1-2H3. The van der Waals surface area contributed by atoms with E-state index in [9.17, 15) is 0 Å². The van der Waals surface area contributed by atoms with Crippen molar-refractivity contribution in [3.05, 3.63) is 65.5 Å². The number of hydrogen-bond acceptors (Lipinski definition) is 5. The second-order valence-electron chi connectivity index (χ2n) is 6.99. The summed E-state index contributed by atoms with van der Waals surface area (Å²) in [5.74, 6) is 3.34. The largest absolute Gasteiger partial charge is 0.341 e. The molecule has 134 valence electrons. The van der Waals surface area contributed by atoms with Crippen molar-refractivity contribution in [3.8, 4) is 0 Å². The van der Waals surface area contributed by atoms with Crippen LogP contribution in [0, 0.1) is 13.8 Å². The zero-order valence-corrected chi connectivity index (χ0v) is 15.3. The summed E-state index contributed by atoms with van der Waals surface area (Å²) >= 11 is 0. The van der Waals surface area contributed by atoms with Crippen LogP contribution in [0.4, 0.5) is 5.95 Å². The van der Waals surface area contributed by atoms with Crippen LogP contribution in [0.2, 0.25) is 0 Å². The molecule has 0 N–H and O–H groups in total. The van der Waals surface area contributed by atoms with Crippen LogP contribution >= 0.6 is 0 Å². The summed E-state index contributed by atoms with van der Waals surface area (Å²) in [5, 5.41) is 8.88. The third-order valence-electron chi connectivity index (χ3n) is 5.08. The van der Waals surface area contributed by atoms with Gasteiger partial charge in [0.15, 0.2) is 0 Å². The number of rotatable bonds is 4. The maximum Gasteiger partial charge on any atom is 0.225 e. The van der Waals surface area contributed by atoms with Gasteiger partial charge < -0.3 is 9.47 Å². The number of benzene rings is 1. The Balaban J connectivity index is 1.49. The smallest absolute Gasteiger partial charge is 0.225 e. The number of aryl methyl sites for hydroxylation is 2. The van der Waals surface area contributed by atoms with Crippen molar-refractivity contribution in [1.82, 2.24) is 24.7 Å². The topological polar surface area (TPSA) is 59.7 Å². The van der Waals surface area contributed by atoms with Crippen molar-refractivity contribution in [2.24, 2.45) is 0 Å². The van der Waals surface area contributed by atoms with E-state index in [1.807, 2.05) is 13.0 Å². The summed E-state index contributed by atoms with van der Waals surface area (Å²) in [6.07, 6.45) is 5.70. The third kappa shape index (κ3) is 3.45. The summed E-state index contributed by atoms with van der Waals surface area (Å²) in [4.78, 5) is 11.0. The van der Waals surface area contributed by atoms with Crippen molar-refractivity contribution in [3.63, 3.8) is 0 Å². The van der Waals surface area contributed by atoms with Gasteiger partial charge in [-0.15, -0.1) is 10.2 Å². The molecule has 1 fully saturated rings. The van der Waals surface area contributed by atoms with Gasteiger partial charge in [-0.2, -0.15) is 0 Å².